The van der Waals surface area contributed by atoms with Crippen LogP contribution in [0.2, 0.25) is 0 Å². The molecule has 0 aliphatic heterocycles. The van der Waals surface area contributed by atoms with Crippen molar-refractivity contribution in [3.8, 4) is 5.75 Å². The summed E-state index contributed by atoms with van der Waals surface area (Å²) >= 11 is 0. The Balaban J connectivity index is 2.82. The molecule has 0 fully saturated rings. The van der Waals surface area contributed by atoms with Gasteiger partial charge in [-0.05, 0) is 31.0 Å². The minimum atomic E-state index is 0.00426. The van der Waals surface area contributed by atoms with E-state index >= 15 is 0 Å². The molecule has 0 saturated heterocycles. The fourth-order valence-electron chi connectivity index (χ4n) is 0.970. The van der Waals surface area contributed by atoms with Crippen LogP contribution in [0.1, 0.15) is 11.1 Å². The third kappa shape index (κ3) is 2.09. The van der Waals surface area contributed by atoms with E-state index in [9.17, 15) is 4.79 Å². The summed E-state index contributed by atoms with van der Waals surface area (Å²) in [4.78, 5) is 9.92. The molecule has 1 aromatic rings. The largest absolute Gasteiger partial charge is 0.485 e. The molecule has 0 bridgehead atoms. The molecule has 1 aromatic carbocycles. The van der Waals surface area contributed by atoms with Crippen LogP contribution in [0.3, 0.4) is 0 Å². The van der Waals surface area contributed by atoms with Crippen LogP contribution >= 0.6 is 0 Å². The molecule has 0 unspecified atom stereocenters. The lowest BCUT2D eigenvalue weighted by Crippen LogP contribution is -1.99. The smallest absolute Gasteiger partial charge is 0.239 e. The van der Waals surface area contributed by atoms with Crippen LogP contribution in [-0.2, 0) is 4.79 Å². The van der Waals surface area contributed by atoms with Crippen LogP contribution in [0, 0.1) is 13.8 Å². The van der Waals surface area contributed by atoms with E-state index in [1.807, 2.05) is 32.0 Å². The minimum absolute atomic E-state index is 0.00426. The fraction of sp³-hybridized carbons (Fsp3) is 0.300. The van der Waals surface area contributed by atoms with E-state index < -0.39 is 0 Å². The molecule has 0 heterocycles. The van der Waals surface area contributed by atoms with Crippen molar-refractivity contribution in [2.45, 2.75) is 13.8 Å². The first kappa shape index (κ1) is 8.78. The first-order chi connectivity index (χ1) is 5.74. The van der Waals surface area contributed by atoms with E-state index in [1.165, 1.54) is 0 Å². The van der Waals surface area contributed by atoms with Gasteiger partial charge in [-0.25, -0.2) is 0 Å². The van der Waals surface area contributed by atoms with Crippen molar-refractivity contribution >= 4 is 6.29 Å². The second-order valence-electron chi connectivity index (χ2n) is 2.70. The molecule has 0 N–H and O–H groups in total. The van der Waals surface area contributed by atoms with E-state index in [-0.39, 0.29) is 6.61 Å². The molecule has 2 heteroatoms. The molecule has 12 heavy (non-hydrogen) atoms. The molecule has 63 valence electrons. The Morgan fingerprint density at radius 3 is 2.83 bits per heavy atom. The monoisotopic (exact) mass is 163 g/mol. The Morgan fingerprint density at radius 1 is 1.42 bits per heavy atom. The van der Waals surface area contributed by atoms with E-state index in [1.54, 1.807) is 6.29 Å². The minimum Gasteiger partial charge on any atom is -0.485 e. The predicted molar refractivity (Wildman–Crippen MR) is 47.1 cm³/mol. The first-order valence-electron chi connectivity index (χ1n) is 3.79. The molecule has 0 spiro atoms. The topological polar surface area (TPSA) is 26.3 Å². The van der Waals surface area contributed by atoms with Crippen LogP contribution in [0.4, 0.5) is 0 Å². The molecule has 0 aliphatic carbocycles. The zero-order valence-electron chi connectivity index (χ0n) is 7.26. The summed E-state index contributed by atoms with van der Waals surface area (Å²) in [5.41, 5.74) is 2.16. The summed E-state index contributed by atoms with van der Waals surface area (Å²) in [6, 6.07) is 5.88. The number of aryl methyl sites for hydroxylation is 2. The van der Waals surface area contributed by atoms with Gasteiger partial charge in [-0.2, -0.15) is 0 Å². The fourth-order valence-corrected chi connectivity index (χ4v) is 0.970. The highest BCUT2D eigenvalue weighted by Crippen LogP contribution is 2.18. The lowest BCUT2D eigenvalue weighted by Gasteiger charge is -2.05. The predicted octanol–water partition coefficient (Wildman–Crippen LogP) is 1.79. The van der Waals surface area contributed by atoms with Crippen molar-refractivity contribution in [1.29, 1.82) is 0 Å². The Labute approximate surface area is 72.2 Å². The normalized spacial score (nSPS) is 9.50. The van der Waals surface area contributed by atoms with Gasteiger partial charge in [0.2, 0.25) is 6.29 Å². The second kappa shape index (κ2) is 3.90. The van der Waals surface area contributed by atoms with Gasteiger partial charge in [0.1, 0.15) is 5.75 Å². The highest BCUT2D eigenvalue weighted by molar-refractivity contribution is 5.52. The van der Waals surface area contributed by atoms with Gasteiger partial charge in [0.15, 0.2) is 6.61 Å². The number of carbonyl (C=O) groups excluding carboxylic acids is 1. The molecule has 0 amide bonds. The SMILES string of the molecule is Cc1ccc(C)c(OC[C]=O)c1. The zero-order chi connectivity index (χ0) is 8.97. The molecule has 0 atom stereocenters. The molecule has 0 aliphatic rings. The highest BCUT2D eigenvalue weighted by Gasteiger charge is 1.98. The van der Waals surface area contributed by atoms with E-state index in [0.717, 1.165) is 16.9 Å². The van der Waals surface area contributed by atoms with Crippen molar-refractivity contribution in [3.63, 3.8) is 0 Å². The molecular formula is C10H11O2. The molecule has 2 nitrogen and oxygen atoms in total. The molecule has 0 aromatic heterocycles. The average Bonchev–Trinajstić information content (AvgIpc) is 2.07. The van der Waals surface area contributed by atoms with Gasteiger partial charge in [-0.3, -0.25) is 4.79 Å². The molecule has 0 saturated carbocycles. The van der Waals surface area contributed by atoms with Crippen molar-refractivity contribution in [3.05, 3.63) is 29.3 Å². The number of ether oxygens (including phenoxy) is 1. The number of hydrogen-bond acceptors (Lipinski definition) is 2. The maximum atomic E-state index is 9.92. The maximum absolute atomic E-state index is 9.92. The third-order valence-electron chi connectivity index (χ3n) is 1.63. The first-order valence-corrected chi connectivity index (χ1v) is 3.79. The summed E-state index contributed by atoms with van der Waals surface area (Å²) in [7, 11) is 0. The zero-order valence-corrected chi connectivity index (χ0v) is 7.26. The summed E-state index contributed by atoms with van der Waals surface area (Å²) in [5.74, 6) is 0.762. The quantitative estimate of drug-likeness (QED) is 0.679. The summed E-state index contributed by atoms with van der Waals surface area (Å²) in [6.07, 6.45) is 1.69. The van der Waals surface area contributed by atoms with Gasteiger partial charge in [0, 0.05) is 0 Å². The summed E-state index contributed by atoms with van der Waals surface area (Å²) in [5, 5.41) is 0. The average molecular weight is 163 g/mol. The lowest BCUT2D eigenvalue weighted by atomic mass is 10.1. The van der Waals surface area contributed by atoms with Gasteiger partial charge in [-0.1, -0.05) is 12.1 Å². The van der Waals surface area contributed by atoms with Crippen LogP contribution in [0.5, 0.6) is 5.75 Å². The van der Waals surface area contributed by atoms with Crippen LogP contribution < -0.4 is 4.74 Å². The van der Waals surface area contributed by atoms with Gasteiger partial charge < -0.3 is 4.74 Å². The van der Waals surface area contributed by atoms with Crippen molar-refractivity contribution < 1.29 is 9.53 Å². The van der Waals surface area contributed by atoms with E-state index in [4.69, 9.17) is 4.74 Å². The van der Waals surface area contributed by atoms with Crippen LogP contribution in [0.25, 0.3) is 0 Å². The number of benzene rings is 1. The standard InChI is InChI=1S/C10H11O2/c1-8-3-4-9(2)10(7-8)12-6-5-11/h3-4,7H,6H2,1-2H3. The van der Waals surface area contributed by atoms with Crippen molar-refractivity contribution in [2.24, 2.45) is 0 Å². The van der Waals surface area contributed by atoms with Gasteiger partial charge in [0.05, 0.1) is 0 Å². The molecule has 1 rings (SSSR count). The molecular weight excluding hydrogens is 152 g/mol. The van der Waals surface area contributed by atoms with E-state index in [0.29, 0.717) is 0 Å². The summed E-state index contributed by atoms with van der Waals surface area (Å²) in [6.45, 7) is 3.93. The van der Waals surface area contributed by atoms with Gasteiger partial charge >= 0.3 is 0 Å². The van der Waals surface area contributed by atoms with E-state index in [2.05, 4.69) is 0 Å². The highest BCUT2D eigenvalue weighted by atomic mass is 16.5. The van der Waals surface area contributed by atoms with Gasteiger partial charge in [0.25, 0.3) is 0 Å². The van der Waals surface area contributed by atoms with Crippen LogP contribution in [-0.4, -0.2) is 12.9 Å². The Kier molecular flexibility index (Phi) is 2.86. The second-order valence-corrected chi connectivity index (χ2v) is 2.70. The molecule has 1 radical (unpaired) electrons. The van der Waals surface area contributed by atoms with Gasteiger partial charge in [-0.15, -0.1) is 0 Å². The number of hydrogen-bond donors (Lipinski definition) is 0. The Hall–Kier alpha value is -1.31. The van der Waals surface area contributed by atoms with Crippen LogP contribution in [0.15, 0.2) is 18.2 Å². The Morgan fingerprint density at radius 2 is 2.17 bits per heavy atom. The lowest BCUT2D eigenvalue weighted by molar-refractivity contribution is 0.362. The van der Waals surface area contributed by atoms with Crippen molar-refractivity contribution in [1.82, 2.24) is 0 Å². The number of rotatable bonds is 3. The summed E-state index contributed by atoms with van der Waals surface area (Å²) < 4.78 is 5.14. The maximum Gasteiger partial charge on any atom is 0.239 e. The van der Waals surface area contributed by atoms with Crippen molar-refractivity contribution in [2.75, 3.05) is 6.61 Å². The third-order valence-corrected chi connectivity index (χ3v) is 1.63. The Bertz CT molecular complexity index is 279.